The molecule has 1 atom stereocenters. The molecule has 0 radical (unpaired) electrons. The highest BCUT2D eigenvalue weighted by molar-refractivity contribution is 5.74. The lowest BCUT2D eigenvalue weighted by molar-refractivity contribution is 0.172. The fraction of sp³-hybridized carbons (Fsp3) is 0.611. The van der Waals surface area contributed by atoms with Gasteiger partial charge in [-0.3, -0.25) is 0 Å². The highest BCUT2D eigenvalue weighted by Gasteiger charge is 2.16. The fourth-order valence-corrected chi connectivity index (χ4v) is 3.03. The zero-order chi connectivity index (χ0) is 17.4. The van der Waals surface area contributed by atoms with E-state index in [0.717, 1.165) is 12.8 Å². The number of hydrogen-bond acceptors (Lipinski definition) is 4. The van der Waals surface area contributed by atoms with Crippen LogP contribution < -0.4 is 20.1 Å². The standard InChI is InChI=1S/C18H28N2O4/c1-23-16-10-9-13(11-17(16)24-2)15(21)12-19-18(22)20-14-7-5-3-4-6-8-14/h9-11,14-15,21H,3-8,12H2,1-2H3,(H2,19,20,22). The Balaban J connectivity index is 1.83. The third-order valence-electron chi connectivity index (χ3n) is 4.44. The van der Waals surface area contributed by atoms with Crippen LogP contribution >= 0.6 is 0 Å². The third kappa shape index (κ3) is 5.30. The van der Waals surface area contributed by atoms with Gasteiger partial charge in [-0.2, -0.15) is 0 Å². The molecule has 1 aromatic rings. The minimum atomic E-state index is -0.801. The molecule has 2 rings (SSSR count). The second-order valence-electron chi connectivity index (χ2n) is 6.17. The number of methoxy groups -OCH3 is 2. The van der Waals surface area contributed by atoms with E-state index in [1.807, 2.05) is 0 Å². The zero-order valence-corrected chi connectivity index (χ0v) is 14.5. The van der Waals surface area contributed by atoms with Crippen molar-refractivity contribution in [2.45, 2.75) is 50.7 Å². The van der Waals surface area contributed by atoms with Gasteiger partial charge in [-0.15, -0.1) is 0 Å². The maximum atomic E-state index is 12.0. The Bertz CT molecular complexity index is 528. The summed E-state index contributed by atoms with van der Waals surface area (Å²) in [7, 11) is 3.11. The lowest BCUT2D eigenvalue weighted by Gasteiger charge is -2.18. The van der Waals surface area contributed by atoms with Crippen molar-refractivity contribution in [1.29, 1.82) is 0 Å². The average molecular weight is 336 g/mol. The van der Waals surface area contributed by atoms with Gasteiger partial charge in [0.15, 0.2) is 11.5 Å². The van der Waals surface area contributed by atoms with E-state index in [1.54, 1.807) is 32.4 Å². The van der Waals surface area contributed by atoms with Crippen molar-refractivity contribution < 1.29 is 19.4 Å². The molecule has 1 aliphatic carbocycles. The molecule has 1 aliphatic rings. The van der Waals surface area contributed by atoms with Crippen LogP contribution in [0.5, 0.6) is 11.5 Å². The van der Waals surface area contributed by atoms with Gasteiger partial charge in [0, 0.05) is 12.6 Å². The quantitative estimate of drug-likeness (QED) is 0.698. The number of carbonyl (C=O) groups excluding carboxylic acids is 1. The number of rotatable bonds is 6. The van der Waals surface area contributed by atoms with Gasteiger partial charge in [0.1, 0.15) is 0 Å². The van der Waals surface area contributed by atoms with E-state index >= 15 is 0 Å². The van der Waals surface area contributed by atoms with Gasteiger partial charge in [-0.05, 0) is 30.5 Å². The van der Waals surface area contributed by atoms with Crippen molar-refractivity contribution in [2.24, 2.45) is 0 Å². The molecule has 6 heteroatoms. The van der Waals surface area contributed by atoms with E-state index in [1.165, 1.54) is 25.7 Å². The van der Waals surface area contributed by atoms with Gasteiger partial charge in [-0.1, -0.05) is 31.7 Å². The molecule has 24 heavy (non-hydrogen) atoms. The molecule has 0 aromatic heterocycles. The Morgan fingerprint density at radius 3 is 2.46 bits per heavy atom. The van der Waals surface area contributed by atoms with Crippen molar-refractivity contribution in [3.8, 4) is 11.5 Å². The SMILES string of the molecule is COc1ccc(C(O)CNC(=O)NC2CCCCCC2)cc1OC. The maximum absolute atomic E-state index is 12.0. The summed E-state index contributed by atoms with van der Waals surface area (Å²) >= 11 is 0. The van der Waals surface area contributed by atoms with E-state index in [2.05, 4.69) is 10.6 Å². The number of urea groups is 1. The highest BCUT2D eigenvalue weighted by Crippen LogP contribution is 2.29. The summed E-state index contributed by atoms with van der Waals surface area (Å²) in [5.74, 6) is 1.16. The van der Waals surface area contributed by atoms with Crippen molar-refractivity contribution in [1.82, 2.24) is 10.6 Å². The number of aliphatic hydroxyl groups is 1. The van der Waals surface area contributed by atoms with Crippen LogP contribution in [0.4, 0.5) is 4.79 Å². The van der Waals surface area contributed by atoms with Crippen LogP contribution in [0.1, 0.15) is 50.2 Å². The van der Waals surface area contributed by atoms with E-state index in [9.17, 15) is 9.90 Å². The summed E-state index contributed by atoms with van der Waals surface area (Å²) in [4.78, 5) is 12.0. The molecule has 0 aliphatic heterocycles. The van der Waals surface area contributed by atoms with E-state index in [-0.39, 0.29) is 18.6 Å². The first-order valence-corrected chi connectivity index (χ1v) is 8.58. The first-order valence-electron chi connectivity index (χ1n) is 8.58. The number of aliphatic hydroxyl groups excluding tert-OH is 1. The molecule has 6 nitrogen and oxygen atoms in total. The average Bonchev–Trinajstić information content (AvgIpc) is 2.87. The van der Waals surface area contributed by atoms with Crippen LogP contribution in [-0.2, 0) is 0 Å². The topological polar surface area (TPSA) is 79.8 Å². The Morgan fingerprint density at radius 1 is 1.17 bits per heavy atom. The summed E-state index contributed by atoms with van der Waals surface area (Å²) in [5, 5.41) is 16.0. The predicted molar refractivity (Wildman–Crippen MR) is 92.5 cm³/mol. The monoisotopic (exact) mass is 336 g/mol. The van der Waals surface area contributed by atoms with Crippen molar-refractivity contribution >= 4 is 6.03 Å². The number of ether oxygens (including phenoxy) is 2. The van der Waals surface area contributed by atoms with Crippen molar-refractivity contribution in [3.63, 3.8) is 0 Å². The lowest BCUT2D eigenvalue weighted by atomic mass is 10.1. The summed E-state index contributed by atoms with van der Waals surface area (Å²) in [6, 6.07) is 5.24. The fourth-order valence-electron chi connectivity index (χ4n) is 3.03. The number of hydrogen-bond donors (Lipinski definition) is 3. The summed E-state index contributed by atoms with van der Waals surface area (Å²) in [5.41, 5.74) is 0.669. The molecule has 1 unspecified atom stereocenters. The number of amides is 2. The summed E-state index contributed by atoms with van der Waals surface area (Å²) in [6.45, 7) is 0.147. The van der Waals surface area contributed by atoms with Gasteiger partial charge in [0.25, 0.3) is 0 Å². The Hall–Kier alpha value is -1.95. The van der Waals surface area contributed by atoms with Crippen molar-refractivity contribution in [3.05, 3.63) is 23.8 Å². The maximum Gasteiger partial charge on any atom is 0.315 e. The number of carbonyl (C=O) groups is 1. The van der Waals surface area contributed by atoms with Crippen LogP contribution in [0, 0.1) is 0 Å². The Morgan fingerprint density at radius 2 is 1.83 bits per heavy atom. The van der Waals surface area contributed by atoms with Crippen LogP contribution in [0.2, 0.25) is 0 Å². The molecule has 2 amide bonds. The normalized spacial score (nSPS) is 16.8. The van der Waals surface area contributed by atoms with Crippen LogP contribution in [0.3, 0.4) is 0 Å². The molecule has 1 saturated carbocycles. The van der Waals surface area contributed by atoms with Crippen LogP contribution in [0.15, 0.2) is 18.2 Å². The van der Waals surface area contributed by atoms with Gasteiger partial charge in [0.2, 0.25) is 0 Å². The molecule has 3 N–H and O–H groups in total. The third-order valence-corrected chi connectivity index (χ3v) is 4.44. The first-order chi connectivity index (χ1) is 11.6. The zero-order valence-electron chi connectivity index (χ0n) is 14.5. The van der Waals surface area contributed by atoms with E-state index in [0.29, 0.717) is 17.1 Å². The van der Waals surface area contributed by atoms with Crippen molar-refractivity contribution in [2.75, 3.05) is 20.8 Å². The molecule has 1 fully saturated rings. The molecular formula is C18H28N2O4. The molecule has 0 bridgehead atoms. The first kappa shape index (κ1) is 18.4. The molecule has 1 aromatic carbocycles. The second-order valence-corrected chi connectivity index (χ2v) is 6.17. The largest absolute Gasteiger partial charge is 0.493 e. The van der Waals surface area contributed by atoms with Gasteiger partial charge < -0.3 is 25.2 Å². The number of nitrogens with one attached hydrogen (secondary N) is 2. The minimum absolute atomic E-state index is 0.147. The molecule has 134 valence electrons. The second kappa shape index (κ2) is 9.37. The Kier molecular flexibility index (Phi) is 7.18. The van der Waals surface area contributed by atoms with Crippen LogP contribution in [-0.4, -0.2) is 37.9 Å². The van der Waals surface area contributed by atoms with Gasteiger partial charge in [0.05, 0.1) is 20.3 Å². The molecule has 0 heterocycles. The van der Waals surface area contributed by atoms with Gasteiger partial charge in [-0.25, -0.2) is 4.79 Å². The van der Waals surface area contributed by atoms with Crippen LogP contribution in [0.25, 0.3) is 0 Å². The molecular weight excluding hydrogens is 308 g/mol. The smallest absolute Gasteiger partial charge is 0.315 e. The van der Waals surface area contributed by atoms with E-state index in [4.69, 9.17) is 9.47 Å². The van der Waals surface area contributed by atoms with E-state index < -0.39 is 6.10 Å². The van der Waals surface area contributed by atoms with Gasteiger partial charge >= 0.3 is 6.03 Å². The summed E-state index contributed by atoms with van der Waals surface area (Å²) < 4.78 is 10.4. The lowest BCUT2D eigenvalue weighted by Crippen LogP contribution is -2.43. The molecule has 0 saturated heterocycles. The minimum Gasteiger partial charge on any atom is -0.493 e. The molecule has 0 spiro atoms. The predicted octanol–water partition coefficient (Wildman–Crippen LogP) is 2.76. The number of benzene rings is 1. The highest BCUT2D eigenvalue weighted by atomic mass is 16.5. The summed E-state index contributed by atoms with van der Waals surface area (Å²) in [6.07, 6.45) is 6.09. The Labute approximate surface area is 143 Å².